The van der Waals surface area contributed by atoms with Crippen LogP contribution in [0.3, 0.4) is 0 Å². The summed E-state index contributed by atoms with van der Waals surface area (Å²) in [6.07, 6.45) is 0. The zero-order chi connectivity index (χ0) is 15.4. The zero-order valence-corrected chi connectivity index (χ0v) is 12.8. The molecule has 0 fully saturated rings. The van der Waals surface area contributed by atoms with Gasteiger partial charge in [0.1, 0.15) is 11.6 Å². The van der Waals surface area contributed by atoms with E-state index in [1.54, 1.807) is 19.1 Å². The van der Waals surface area contributed by atoms with Gasteiger partial charge in [-0.3, -0.25) is 9.89 Å². The minimum atomic E-state index is -0.207. The fourth-order valence-corrected chi connectivity index (χ4v) is 1.92. The third-order valence-electron chi connectivity index (χ3n) is 3.14. The Labute approximate surface area is 124 Å². The van der Waals surface area contributed by atoms with Crippen LogP contribution < -0.4 is 4.74 Å². The van der Waals surface area contributed by atoms with Gasteiger partial charge in [-0.15, -0.1) is 5.10 Å². The minimum Gasteiger partial charge on any atom is -0.497 e. The lowest BCUT2D eigenvalue weighted by Crippen LogP contribution is -2.27. The first kappa shape index (κ1) is 15.0. The van der Waals surface area contributed by atoms with Crippen molar-refractivity contribution in [2.24, 2.45) is 0 Å². The highest BCUT2D eigenvalue weighted by molar-refractivity contribution is 5.90. The fraction of sp³-hybridized carbons (Fsp3) is 0.400. The summed E-state index contributed by atoms with van der Waals surface area (Å²) in [7, 11) is 3.35. The van der Waals surface area contributed by atoms with Crippen LogP contribution in [-0.4, -0.2) is 40.1 Å². The second-order valence-corrected chi connectivity index (χ2v) is 5.21. The molecule has 2 rings (SSSR count). The molecule has 0 unspecified atom stereocenters. The highest BCUT2D eigenvalue weighted by Crippen LogP contribution is 2.15. The van der Waals surface area contributed by atoms with Gasteiger partial charge in [0.15, 0.2) is 0 Å². The molecule has 1 aromatic heterocycles. The maximum atomic E-state index is 12.3. The van der Waals surface area contributed by atoms with Crippen molar-refractivity contribution >= 4 is 5.91 Å². The quantitative estimate of drug-likeness (QED) is 0.915. The van der Waals surface area contributed by atoms with E-state index in [4.69, 9.17) is 4.74 Å². The number of amides is 1. The molecule has 6 nitrogen and oxygen atoms in total. The van der Waals surface area contributed by atoms with E-state index >= 15 is 0 Å². The monoisotopic (exact) mass is 288 g/mol. The number of nitrogens with one attached hydrogen (secondary N) is 1. The molecule has 0 saturated heterocycles. The van der Waals surface area contributed by atoms with Crippen molar-refractivity contribution in [1.29, 1.82) is 0 Å². The van der Waals surface area contributed by atoms with Gasteiger partial charge in [0.2, 0.25) is 5.82 Å². The van der Waals surface area contributed by atoms with Crippen molar-refractivity contribution in [2.45, 2.75) is 26.3 Å². The molecule has 1 N–H and O–H groups in total. The van der Waals surface area contributed by atoms with Crippen LogP contribution in [0.25, 0.3) is 0 Å². The Morgan fingerprint density at radius 2 is 2.19 bits per heavy atom. The highest BCUT2D eigenvalue weighted by Gasteiger charge is 2.18. The van der Waals surface area contributed by atoms with Crippen LogP contribution in [0.4, 0.5) is 0 Å². The van der Waals surface area contributed by atoms with Crippen molar-refractivity contribution in [2.75, 3.05) is 14.2 Å². The molecule has 1 aromatic carbocycles. The average molecular weight is 288 g/mol. The number of H-pyrrole nitrogens is 1. The molecule has 0 saturated carbocycles. The maximum Gasteiger partial charge on any atom is 0.293 e. The van der Waals surface area contributed by atoms with Gasteiger partial charge < -0.3 is 9.64 Å². The van der Waals surface area contributed by atoms with E-state index in [1.165, 1.54) is 0 Å². The summed E-state index contributed by atoms with van der Waals surface area (Å²) in [5, 5.41) is 6.78. The van der Waals surface area contributed by atoms with Crippen LogP contribution in [-0.2, 0) is 6.54 Å². The Hall–Kier alpha value is -2.37. The normalized spacial score (nSPS) is 10.7. The second kappa shape index (κ2) is 6.39. The number of ether oxygens (including phenoxy) is 1. The van der Waals surface area contributed by atoms with E-state index in [2.05, 4.69) is 15.2 Å². The average Bonchev–Trinajstić information content (AvgIpc) is 2.96. The standard InChI is InChI=1S/C15H20N4O2/c1-10(2)13-16-14(18-17-13)15(20)19(3)9-11-6-5-7-12(8-11)21-4/h5-8,10H,9H2,1-4H3,(H,16,17,18). The Kier molecular flexibility index (Phi) is 4.57. The predicted octanol–water partition coefficient (Wildman–Crippen LogP) is 2.21. The smallest absolute Gasteiger partial charge is 0.293 e. The van der Waals surface area contributed by atoms with Gasteiger partial charge in [-0.05, 0) is 17.7 Å². The van der Waals surface area contributed by atoms with E-state index in [0.29, 0.717) is 12.4 Å². The van der Waals surface area contributed by atoms with Crippen molar-refractivity contribution in [3.05, 3.63) is 41.5 Å². The largest absolute Gasteiger partial charge is 0.497 e. The van der Waals surface area contributed by atoms with E-state index in [9.17, 15) is 4.79 Å². The van der Waals surface area contributed by atoms with Crippen LogP contribution in [0.1, 0.15) is 41.8 Å². The number of aromatic nitrogens is 3. The van der Waals surface area contributed by atoms with E-state index < -0.39 is 0 Å². The molecule has 1 heterocycles. The van der Waals surface area contributed by atoms with Crippen LogP contribution in [0.2, 0.25) is 0 Å². The molecule has 0 aliphatic rings. The summed E-state index contributed by atoms with van der Waals surface area (Å²) in [5.41, 5.74) is 0.991. The summed E-state index contributed by atoms with van der Waals surface area (Å²) in [4.78, 5) is 18.1. The number of rotatable bonds is 5. The van der Waals surface area contributed by atoms with Gasteiger partial charge in [0, 0.05) is 19.5 Å². The van der Waals surface area contributed by atoms with Gasteiger partial charge >= 0.3 is 0 Å². The van der Waals surface area contributed by atoms with E-state index in [1.807, 2.05) is 38.1 Å². The van der Waals surface area contributed by atoms with Crippen LogP contribution in [0.5, 0.6) is 5.75 Å². The number of methoxy groups -OCH3 is 1. The van der Waals surface area contributed by atoms with Crippen molar-refractivity contribution in [3.63, 3.8) is 0 Å². The molecule has 0 aliphatic carbocycles. The maximum absolute atomic E-state index is 12.3. The number of benzene rings is 1. The Balaban J connectivity index is 2.07. The van der Waals surface area contributed by atoms with E-state index in [0.717, 1.165) is 11.3 Å². The lowest BCUT2D eigenvalue weighted by Gasteiger charge is -2.15. The number of nitrogens with zero attached hydrogens (tertiary/aromatic N) is 3. The molecule has 0 atom stereocenters. The molecular weight excluding hydrogens is 268 g/mol. The Morgan fingerprint density at radius 1 is 1.43 bits per heavy atom. The molecule has 2 aromatic rings. The molecule has 0 spiro atoms. The predicted molar refractivity (Wildman–Crippen MR) is 79.3 cm³/mol. The van der Waals surface area contributed by atoms with E-state index in [-0.39, 0.29) is 17.6 Å². The van der Waals surface area contributed by atoms with Crippen LogP contribution in [0.15, 0.2) is 24.3 Å². The number of aromatic amines is 1. The number of hydrogen-bond acceptors (Lipinski definition) is 4. The second-order valence-electron chi connectivity index (χ2n) is 5.21. The van der Waals surface area contributed by atoms with Gasteiger partial charge in [-0.25, -0.2) is 4.98 Å². The molecule has 0 bridgehead atoms. The lowest BCUT2D eigenvalue weighted by atomic mass is 10.2. The molecule has 0 aliphatic heterocycles. The lowest BCUT2D eigenvalue weighted by molar-refractivity contribution is 0.0773. The summed E-state index contributed by atoms with van der Waals surface area (Å²) < 4.78 is 5.18. The molecule has 21 heavy (non-hydrogen) atoms. The topological polar surface area (TPSA) is 71.1 Å². The Bertz CT molecular complexity index is 622. The minimum absolute atomic E-state index is 0.198. The third-order valence-corrected chi connectivity index (χ3v) is 3.14. The van der Waals surface area contributed by atoms with Crippen LogP contribution in [0, 0.1) is 0 Å². The fourth-order valence-electron chi connectivity index (χ4n) is 1.92. The van der Waals surface area contributed by atoms with Crippen molar-refractivity contribution < 1.29 is 9.53 Å². The van der Waals surface area contributed by atoms with Gasteiger partial charge in [-0.2, -0.15) is 0 Å². The van der Waals surface area contributed by atoms with Crippen LogP contribution >= 0.6 is 0 Å². The number of carbonyl (C=O) groups is 1. The summed E-state index contributed by atoms with van der Waals surface area (Å²) in [5.74, 6) is 1.69. The molecular formula is C15H20N4O2. The molecule has 1 amide bonds. The first-order chi connectivity index (χ1) is 10.0. The summed E-state index contributed by atoms with van der Waals surface area (Å²) >= 11 is 0. The van der Waals surface area contributed by atoms with Crippen molar-refractivity contribution in [1.82, 2.24) is 20.1 Å². The van der Waals surface area contributed by atoms with Gasteiger partial charge in [0.05, 0.1) is 7.11 Å². The molecule has 6 heteroatoms. The highest BCUT2D eigenvalue weighted by atomic mass is 16.5. The third kappa shape index (κ3) is 3.59. The Morgan fingerprint density at radius 3 is 2.81 bits per heavy atom. The summed E-state index contributed by atoms with van der Waals surface area (Å²) in [6.45, 7) is 4.46. The first-order valence-corrected chi connectivity index (χ1v) is 6.82. The SMILES string of the molecule is COc1cccc(CN(C)C(=O)c2n[nH]c(C(C)C)n2)c1. The van der Waals surface area contributed by atoms with Gasteiger partial charge in [0.25, 0.3) is 5.91 Å². The first-order valence-electron chi connectivity index (χ1n) is 6.82. The number of hydrogen-bond donors (Lipinski definition) is 1. The zero-order valence-electron chi connectivity index (χ0n) is 12.8. The molecule has 0 radical (unpaired) electrons. The number of carbonyl (C=O) groups excluding carboxylic acids is 1. The van der Waals surface area contributed by atoms with Crippen molar-refractivity contribution in [3.8, 4) is 5.75 Å². The molecule has 112 valence electrons. The summed E-state index contributed by atoms with van der Waals surface area (Å²) in [6, 6.07) is 7.62. The van der Waals surface area contributed by atoms with Gasteiger partial charge in [-0.1, -0.05) is 26.0 Å².